The highest BCUT2D eigenvalue weighted by Crippen LogP contribution is 2.18. The second-order valence-electron chi connectivity index (χ2n) is 6.79. The van der Waals surface area contributed by atoms with E-state index in [1.807, 2.05) is 30.3 Å². The zero-order valence-corrected chi connectivity index (χ0v) is 16.7. The van der Waals surface area contributed by atoms with E-state index >= 15 is 0 Å². The minimum Gasteiger partial charge on any atom is -0.348 e. The first-order valence-corrected chi connectivity index (χ1v) is 10.7. The van der Waals surface area contributed by atoms with Gasteiger partial charge in [-0.3, -0.25) is 4.79 Å². The van der Waals surface area contributed by atoms with Crippen LogP contribution in [-0.4, -0.2) is 34.0 Å². The van der Waals surface area contributed by atoms with Crippen molar-refractivity contribution < 1.29 is 13.2 Å². The molecule has 2 aromatic carbocycles. The fourth-order valence-corrected chi connectivity index (χ4v) is 4.30. The summed E-state index contributed by atoms with van der Waals surface area (Å²) in [6.45, 7) is 4.11. The molecule has 0 saturated heterocycles. The van der Waals surface area contributed by atoms with Gasteiger partial charge in [-0.05, 0) is 43.1 Å². The van der Waals surface area contributed by atoms with Crippen molar-refractivity contribution in [3.63, 3.8) is 0 Å². The second-order valence-corrected chi connectivity index (χ2v) is 8.52. The average Bonchev–Trinajstić information content (AvgIpc) is 2.72. The maximum atomic E-state index is 12.7. The lowest BCUT2D eigenvalue weighted by Gasteiger charge is -2.15. The molecule has 28 heavy (non-hydrogen) atoms. The highest BCUT2D eigenvalue weighted by molar-refractivity contribution is 7.89. The van der Waals surface area contributed by atoms with Crippen molar-refractivity contribution in [3.8, 4) is 0 Å². The van der Waals surface area contributed by atoms with Gasteiger partial charge in [0.25, 0.3) is 5.91 Å². The molecule has 6 nitrogen and oxygen atoms in total. The van der Waals surface area contributed by atoms with E-state index in [0.29, 0.717) is 17.7 Å². The zero-order chi connectivity index (χ0) is 20.0. The third kappa shape index (κ3) is 5.28. The van der Waals surface area contributed by atoms with Crippen molar-refractivity contribution in [2.75, 3.05) is 19.6 Å². The molecule has 0 radical (unpaired) electrons. The van der Waals surface area contributed by atoms with Crippen molar-refractivity contribution in [3.05, 3.63) is 76.9 Å². The van der Waals surface area contributed by atoms with Gasteiger partial charge >= 0.3 is 0 Å². The van der Waals surface area contributed by atoms with Crippen LogP contribution in [0.5, 0.6) is 0 Å². The largest absolute Gasteiger partial charge is 0.348 e. The smallest absolute Gasteiger partial charge is 0.251 e. The van der Waals surface area contributed by atoms with Crippen LogP contribution in [0.15, 0.2) is 65.1 Å². The summed E-state index contributed by atoms with van der Waals surface area (Å²) in [5, 5.41) is 6.10. The molecular formula is C21H25N3O3S. The molecule has 0 atom stereocenters. The van der Waals surface area contributed by atoms with Crippen molar-refractivity contribution in [1.82, 2.24) is 15.4 Å². The molecule has 3 N–H and O–H groups in total. The predicted octanol–water partition coefficient (Wildman–Crippen LogP) is 2.12. The normalized spacial score (nSPS) is 14.4. The van der Waals surface area contributed by atoms with Crippen LogP contribution in [-0.2, 0) is 16.6 Å². The minimum atomic E-state index is -3.73. The van der Waals surface area contributed by atoms with Crippen LogP contribution >= 0.6 is 0 Å². The van der Waals surface area contributed by atoms with Gasteiger partial charge in [0.1, 0.15) is 0 Å². The van der Waals surface area contributed by atoms with Crippen LogP contribution in [0, 0.1) is 6.92 Å². The van der Waals surface area contributed by atoms with Gasteiger partial charge in [0.15, 0.2) is 0 Å². The lowest BCUT2D eigenvalue weighted by Crippen LogP contribution is -2.30. The van der Waals surface area contributed by atoms with Gasteiger partial charge in [-0.1, -0.05) is 48.0 Å². The van der Waals surface area contributed by atoms with Gasteiger partial charge in [0.2, 0.25) is 10.0 Å². The number of amides is 1. The molecule has 0 unspecified atom stereocenters. The first kappa shape index (κ1) is 20.3. The van der Waals surface area contributed by atoms with Crippen molar-refractivity contribution in [2.45, 2.75) is 24.8 Å². The van der Waals surface area contributed by atoms with E-state index in [1.165, 1.54) is 11.6 Å². The van der Waals surface area contributed by atoms with Crippen LogP contribution < -0.4 is 15.4 Å². The molecule has 0 aliphatic carbocycles. The van der Waals surface area contributed by atoms with Crippen LogP contribution in [0.1, 0.15) is 27.9 Å². The molecule has 0 bridgehead atoms. The standard InChI is InChI=1S/C21H25N3O3S/c1-16-7-8-19(21(25)23-14-18-9-11-22-12-10-18)13-20(16)28(26,27)24-15-17-5-3-2-4-6-17/h2-9,13,22,24H,10-12,14-15H2,1H3,(H,23,25). The highest BCUT2D eigenvalue weighted by Gasteiger charge is 2.19. The first-order chi connectivity index (χ1) is 13.5. The molecular weight excluding hydrogens is 374 g/mol. The SMILES string of the molecule is Cc1ccc(C(=O)NCC2=CCNCC2)cc1S(=O)(=O)NCc1ccccc1. The summed E-state index contributed by atoms with van der Waals surface area (Å²) < 4.78 is 28.1. The van der Waals surface area contributed by atoms with E-state index < -0.39 is 10.0 Å². The third-order valence-corrected chi connectivity index (χ3v) is 6.23. The highest BCUT2D eigenvalue weighted by atomic mass is 32.2. The Morgan fingerprint density at radius 1 is 1.11 bits per heavy atom. The molecule has 1 amide bonds. The minimum absolute atomic E-state index is 0.122. The van der Waals surface area contributed by atoms with E-state index in [1.54, 1.807) is 19.1 Å². The lowest BCUT2D eigenvalue weighted by atomic mass is 10.1. The van der Waals surface area contributed by atoms with Gasteiger partial charge in [-0.25, -0.2) is 13.1 Å². The number of sulfonamides is 1. The molecule has 148 valence electrons. The quantitative estimate of drug-likeness (QED) is 0.623. The number of carbonyl (C=O) groups excluding carboxylic acids is 1. The van der Waals surface area contributed by atoms with E-state index in [4.69, 9.17) is 0 Å². The predicted molar refractivity (Wildman–Crippen MR) is 110 cm³/mol. The summed E-state index contributed by atoms with van der Waals surface area (Å²) in [5.41, 5.74) is 2.97. The van der Waals surface area contributed by atoms with Gasteiger partial charge in [-0.2, -0.15) is 0 Å². The van der Waals surface area contributed by atoms with Crippen LogP contribution in [0.3, 0.4) is 0 Å². The van der Waals surface area contributed by atoms with Gasteiger partial charge in [-0.15, -0.1) is 0 Å². The number of hydrogen-bond donors (Lipinski definition) is 3. The fourth-order valence-electron chi connectivity index (χ4n) is 3.01. The number of rotatable bonds is 7. The molecule has 0 spiro atoms. The Balaban J connectivity index is 1.70. The average molecular weight is 400 g/mol. The number of aryl methyl sites for hydroxylation is 1. The Kier molecular flexibility index (Phi) is 6.61. The number of hydrogen-bond acceptors (Lipinski definition) is 4. The molecule has 0 aromatic heterocycles. The maximum Gasteiger partial charge on any atom is 0.251 e. The Hall–Kier alpha value is -2.48. The monoisotopic (exact) mass is 399 g/mol. The molecule has 0 saturated carbocycles. The molecule has 3 rings (SSSR count). The summed E-state index contributed by atoms with van der Waals surface area (Å²) >= 11 is 0. The fraction of sp³-hybridized carbons (Fsp3) is 0.286. The number of benzene rings is 2. The third-order valence-electron chi connectivity index (χ3n) is 4.68. The van der Waals surface area contributed by atoms with Gasteiger partial charge in [0.05, 0.1) is 4.90 Å². The van der Waals surface area contributed by atoms with E-state index in [9.17, 15) is 13.2 Å². The van der Waals surface area contributed by atoms with Crippen LogP contribution in [0.2, 0.25) is 0 Å². The Morgan fingerprint density at radius 3 is 2.61 bits per heavy atom. The van der Waals surface area contributed by atoms with E-state index in [-0.39, 0.29) is 17.3 Å². The molecule has 2 aromatic rings. The number of nitrogens with one attached hydrogen (secondary N) is 3. The number of carbonyl (C=O) groups is 1. The summed E-state index contributed by atoms with van der Waals surface area (Å²) in [6, 6.07) is 14.1. The molecule has 7 heteroatoms. The molecule has 1 aliphatic rings. The van der Waals surface area contributed by atoms with E-state index in [0.717, 1.165) is 25.1 Å². The maximum absolute atomic E-state index is 12.7. The van der Waals surface area contributed by atoms with Gasteiger partial charge in [0, 0.05) is 25.2 Å². The van der Waals surface area contributed by atoms with E-state index in [2.05, 4.69) is 21.4 Å². The van der Waals surface area contributed by atoms with Crippen LogP contribution in [0.4, 0.5) is 0 Å². The molecule has 1 aliphatic heterocycles. The molecule has 0 fully saturated rings. The van der Waals surface area contributed by atoms with Crippen molar-refractivity contribution >= 4 is 15.9 Å². The molecule has 1 heterocycles. The second kappa shape index (κ2) is 9.14. The zero-order valence-electron chi connectivity index (χ0n) is 15.9. The lowest BCUT2D eigenvalue weighted by molar-refractivity contribution is 0.0956. The summed E-state index contributed by atoms with van der Waals surface area (Å²) in [6.07, 6.45) is 2.97. The summed E-state index contributed by atoms with van der Waals surface area (Å²) in [4.78, 5) is 12.6. The Morgan fingerprint density at radius 2 is 1.89 bits per heavy atom. The van der Waals surface area contributed by atoms with Crippen molar-refractivity contribution in [2.24, 2.45) is 0 Å². The summed E-state index contributed by atoms with van der Waals surface area (Å²) in [7, 11) is -3.73. The van der Waals surface area contributed by atoms with Crippen molar-refractivity contribution in [1.29, 1.82) is 0 Å². The van der Waals surface area contributed by atoms with Gasteiger partial charge < -0.3 is 10.6 Å². The first-order valence-electron chi connectivity index (χ1n) is 9.27. The Labute approximate surface area is 166 Å². The summed E-state index contributed by atoms with van der Waals surface area (Å²) in [5.74, 6) is -0.279. The van der Waals surface area contributed by atoms with Crippen LogP contribution in [0.25, 0.3) is 0 Å². The topological polar surface area (TPSA) is 87.3 Å². The Bertz CT molecular complexity index is 970.